The number of carbonyl (C=O) groups is 1. The van der Waals surface area contributed by atoms with E-state index >= 15 is 0 Å². The van der Waals surface area contributed by atoms with Gasteiger partial charge in [0.05, 0.1) is 4.99 Å². The molecule has 0 atom stereocenters. The molecule has 10 heavy (non-hydrogen) atoms. The van der Waals surface area contributed by atoms with E-state index in [9.17, 15) is 0 Å². The quantitative estimate of drug-likeness (QED) is 0.356. The topological polar surface area (TPSA) is 127 Å². The fourth-order valence-electron chi connectivity index (χ4n) is 0. The van der Waals surface area contributed by atoms with E-state index in [1.807, 2.05) is 0 Å². The van der Waals surface area contributed by atoms with Crippen molar-refractivity contribution in [3.8, 4) is 0 Å². The van der Waals surface area contributed by atoms with Gasteiger partial charge in [-0.25, -0.2) is 4.79 Å². The van der Waals surface area contributed by atoms with Gasteiger partial charge in [0.2, 0.25) is 0 Å². The average molecular weight is 249 g/mol. The monoisotopic (exact) mass is 251 g/mol. The van der Waals surface area contributed by atoms with Crippen molar-refractivity contribution in [3.05, 3.63) is 0 Å². The first-order chi connectivity index (χ1) is 3.46. The smallest absolute Gasteiger partial charge is 0.309 e. The van der Waals surface area contributed by atoms with Crippen LogP contribution < -0.4 is 17.2 Å². The number of urea groups is 1. The molecule has 8 N–H and O–H groups in total. The predicted octanol–water partition coefficient (Wildman–Crippen LogP) is -1.51. The van der Waals surface area contributed by atoms with Gasteiger partial charge in [-0.1, -0.05) is 12.2 Å². The molecule has 0 aromatic rings. The molecule has 7 heteroatoms. The Morgan fingerprint density at radius 1 is 1.30 bits per heavy atom. The molecule has 0 heterocycles. The molecule has 0 spiro atoms. The molecule has 0 saturated heterocycles. The molecular formula is C3H11MoN3O2S. The number of rotatable bonds is 0. The summed E-state index contributed by atoms with van der Waals surface area (Å²) in [6.07, 6.45) is 0. The average Bonchev–Trinajstić information content (AvgIpc) is 1.25. The zero-order chi connectivity index (χ0) is 7.15. The molecule has 0 bridgehead atoms. The Labute approximate surface area is 78.9 Å². The van der Waals surface area contributed by atoms with Gasteiger partial charge >= 0.3 is 6.03 Å². The van der Waals surface area contributed by atoms with Crippen LogP contribution in [0.4, 0.5) is 4.79 Å². The van der Waals surface area contributed by atoms with Crippen LogP contribution in [0.15, 0.2) is 0 Å². The third kappa shape index (κ3) is 9850. The standard InChI is InChI=1S/C2H5NS.CH4N2O.Mo.H2O/c1-2(3)4;2-1(3)4;;/h1H3,(H2,3,4);(H4,2,3,4);;1H2. The summed E-state index contributed by atoms with van der Waals surface area (Å²) >= 11 is 4.31. The van der Waals surface area contributed by atoms with Gasteiger partial charge in [0, 0.05) is 21.1 Å². The van der Waals surface area contributed by atoms with Crippen LogP contribution in [0.3, 0.4) is 0 Å². The molecule has 2 amide bonds. The van der Waals surface area contributed by atoms with Gasteiger partial charge in [0.15, 0.2) is 0 Å². The van der Waals surface area contributed by atoms with Gasteiger partial charge in [-0.3, -0.25) is 0 Å². The number of carbonyl (C=O) groups excluding carboxylic acids is 1. The minimum absolute atomic E-state index is 0. The molecule has 0 unspecified atom stereocenters. The predicted molar refractivity (Wildman–Crippen MR) is 39.8 cm³/mol. The largest absolute Gasteiger partial charge is 0.412 e. The van der Waals surface area contributed by atoms with E-state index in [0.717, 1.165) is 0 Å². The van der Waals surface area contributed by atoms with Crippen LogP contribution in [-0.2, 0) is 21.1 Å². The van der Waals surface area contributed by atoms with E-state index in [-0.39, 0.29) is 26.5 Å². The van der Waals surface area contributed by atoms with Crippen molar-refractivity contribution < 1.29 is 31.3 Å². The summed E-state index contributed by atoms with van der Waals surface area (Å²) in [5, 5.41) is 0. The Kier molecular flexibility index (Phi) is 35.9. The second kappa shape index (κ2) is 15.9. The van der Waals surface area contributed by atoms with Crippen molar-refractivity contribution in [1.29, 1.82) is 0 Å². The van der Waals surface area contributed by atoms with Gasteiger partial charge in [-0.2, -0.15) is 0 Å². The van der Waals surface area contributed by atoms with Crippen molar-refractivity contribution in [2.75, 3.05) is 0 Å². The molecule has 0 aliphatic heterocycles. The SMILES string of the molecule is CC(N)=S.NC(N)=O.O.[Mo]. The number of nitrogens with two attached hydrogens (primary N) is 3. The van der Waals surface area contributed by atoms with Crippen LogP contribution in [0.25, 0.3) is 0 Å². The maximum Gasteiger partial charge on any atom is 0.309 e. The van der Waals surface area contributed by atoms with Gasteiger partial charge in [0.1, 0.15) is 0 Å². The second-order valence-corrected chi connectivity index (χ2v) is 1.66. The third-order valence-corrected chi connectivity index (χ3v) is 0. The molecular weight excluding hydrogens is 238 g/mol. The summed E-state index contributed by atoms with van der Waals surface area (Å²) in [4.78, 5) is 9.50. The van der Waals surface area contributed by atoms with E-state index in [0.29, 0.717) is 4.99 Å². The molecule has 0 saturated carbocycles. The zero-order valence-electron chi connectivity index (χ0n) is 5.46. The molecule has 0 rings (SSSR count). The first-order valence-electron chi connectivity index (χ1n) is 1.77. The molecule has 62 valence electrons. The Hall–Kier alpha value is -0.192. The summed E-state index contributed by atoms with van der Waals surface area (Å²) in [6, 6.07) is -0.833. The maximum absolute atomic E-state index is 9.00. The minimum Gasteiger partial charge on any atom is -0.412 e. The van der Waals surface area contributed by atoms with E-state index in [1.165, 1.54) is 0 Å². The summed E-state index contributed by atoms with van der Waals surface area (Å²) in [7, 11) is 0. The van der Waals surface area contributed by atoms with Gasteiger partial charge < -0.3 is 22.7 Å². The number of primary amides is 2. The van der Waals surface area contributed by atoms with Crippen LogP contribution in [0.1, 0.15) is 6.92 Å². The number of hydrogen-bond acceptors (Lipinski definition) is 2. The van der Waals surface area contributed by atoms with Gasteiger partial charge in [-0.05, 0) is 6.92 Å². The fourth-order valence-corrected chi connectivity index (χ4v) is 0. The number of hydrogen-bond donors (Lipinski definition) is 3. The number of amides is 2. The summed E-state index contributed by atoms with van der Waals surface area (Å²) in [6.45, 7) is 1.68. The van der Waals surface area contributed by atoms with Crippen molar-refractivity contribution in [2.45, 2.75) is 6.92 Å². The zero-order valence-corrected chi connectivity index (χ0v) is 8.28. The molecule has 0 aromatic carbocycles. The third-order valence-electron chi connectivity index (χ3n) is 0. The molecule has 0 aromatic heterocycles. The second-order valence-electron chi connectivity index (χ2n) is 1.01. The van der Waals surface area contributed by atoms with Crippen molar-refractivity contribution in [3.63, 3.8) is 0 Å². The first kappa shape index (κ1) is 22.6. The Balaban J connectivity index is -0.0000000300. The van der Waals surface area contributed by atoms with E-state index < -0.39 is 6.03 Å². The minimum atomic E-state index is -0.833. The van der Waals surface area contributed by atoms with E-state index in [2.05, 4.69) is 23.7 Å². The first-order valence-corrected chi connectivity index (χ1v) is 2.18. The summed E-state index contributed by atoms with van der Waals surface area (Å²) < 4.78 is 0. The Bertz CT molecular complexity index is 79.7. The van der Waals surface area contributed by atoms with Crippen LogP contribution in [0.2, 0.25) is 0 Å². The summed E-state index contributed by atoms with van der Waals surface area (Å²) in [5.41, 5.74) is 13.3. The summed E-state index contributed by atoms with van der Waals surface area (Å²) in [5.74, 6) is 0. The van der Waals surface area contributed by atoms with E-state index in [1.54, 1.807) is 6.92 Å². The molecule has 0 aliphatic rings. The maximum atomic E-state index is 9.00. The Morgan fingerprint density at radius 2 is 1.30 bits per heavy atom. The molecule has 5 nitrogen and oxygen atoms in total. The van der Waals surface area contributed by atoms with Crippen LogP contribution in [0, 0.1) is 0 Å². The fraction of sp³-hybridized carbons (Fsp3) is 0.333. The van der Waals surface area contributed by atoms with E-state index in [4.69, 9.17) is 10.5 Å². The van der Waals surface area contributed by atoms with Crippen molar-refractivity contribution >= 4 is 23.2 Å². The van der Waals surface area contributed by atoms with Crippen LogP contribution in [0.5, 0.6) is 0 Å². The van der Waals surface area contributed by atoms with Crippen molar-refractivity contribution in [2.24, 2.45) is 17.2 Å². The van der Waals surface area contributed by atoms with Crippen molar-refractivity contribution in [1.82, 2.24) is 0 Å². The molecule has 0 aliphatic carbocycles. The van der Waals surface area contributed by atoms with Gasteiger partial charge in [0.25, 0.3) is 0 Å². The number of thiocarbonyl (C=S) groups is 1. The van der Waals surface area contributed by atoms with Crippen LogP contribution in [-0.4, -0.2) is 16.5 Å². The Morgan fingerprint density at radius 3 is 1.30 bits per heavy atom. The van der Waals surface area contributed by atoms with Crippen LogP contribution >= 0.6 is 12.2 Å². The van der Waals surface area contributed by atoms with Gasteiger partial charge in [-0.15, -0.1) is 0 Å². The molecule has 0 fully saturated rings. The normalized spacial score (nSPS) is 4.90. The molecule has 0 radical (unpaired) electrons.